The molecule has 7 nitrogen and oxygen atoms in total. The predicted molar refractivity (Wildman–Crippen MR) is 109 cm³/mol. The van der Waals surface area contributed by atoms with Crippen LogP contribution in [0.25, 0.3) is 10.8 Å². The number of nitrogens with one attached hydrogen (secondary N) is 1. The van der Waals surface area contributed by atoms with Crippen LogP contribution in [0.3, 0.4) is 0 Å². The first-order valence-electron chi connectivity index (χ1n) is 8.79. The fourth-order valence-electron chi connectivity index (χ4n) is 2.73. The molecule has 0 fully saturated rings. The maximum atomic E-state index is 12.5. The van der Waals surface area contributed by atoms with E-state index < -0.39 is 15.9 Å². The van der Waals surface area contributed by atoms with E-state index in [1.807, 2.05) is 17.5 Å². The van der Waals surface area contributed by atoms with Gasteiger partial charge in [0.15, 0.2) is 5.69 Å². The summed E-state index contributed by atoms with van der Waals surface area (Å²) < 4.78 is 32.0. The van der Waals surface area contributed by atoms with Gasteiger partial charge in [-0.25, -0.2) is 13.4 Å². The Morgan fingerprint density at radius 2 is 1.86 bits per heavy atom. The van der Waals surface area contributed by atoms with Gasteiger partial charge < -0.3 is 9.73 Å². The maximum absolute atomic E-state index is 12.5. The molecule has 2 heterocycles. The molecule has 148 valence electrons. The molecule has 0 radical (unpaired) electrons. The number of aryl methyl sites for hydroxylation is 1. The molecule has 0 aliphatic carbocycles. The monoisotopic (exact) mass is 419 g/mol. The number of carbonyl (C=O) groups is 1. The normalized spacial score (nSPS) is 11.7. The van der Waals surface area contributed by atoms with E-state index in [0.29, 0.717) is 30.4 Å². The van der Waals surface area contributed by atoms with E-state index in [0.717, 1.165) is 4.88 Å². The van der Waals surface area contributed by atoms with Crippen LogP contribution < -0.4 is 5.32 Å². The zero-order valence-electron chi connectivity index (χ0n) is 15.8. The summed E-state index contributed by atoms with van der Waals surface area (Å²) in [5.41, 5.74) is 0.673. The van der Waals surface area contributed by atoms with Gasteiger partial charge in [-0.05, 0) is 42.6 Å². The smallest absolute Gasteiger partial charge is 0.277 e. The summed E-state index contributed by atoms with van der Waals surface area (Å²) in [4.78, 5) is 17.9. The van der Waals surface area contributed by atoms with Crippen molar-refractivity contribution in [3.8, 4) is 10.8 Å². The molecule has 0 aliphatic rings. The van der Waals surface area contributed by atoms with Gasteiger partial charge in [0.25, 0.3) is 5.91 Å². The molecule has 0 saturated carbocycles. The molecular formula is C19H21N3O4S2. The molecule has 1 aromatic carbocycles. The summed E-state index contributed by atoms with van der Waals surface area (Å²) in [5.74, 6) is 0.406. The molecule has 28 heavy (non-hydrogen) atoms. The van der Waals surface area contributed by atoms with Gasteiger partial charge in [-0.2, -0.15) is 4.31 Å². The first-order chi connectivity index (χ1) is 13.4. The third-order valence-electron chi connectivity index (χ3n) is 4.20. The van der Waals surface area contributed by atoms with E-state index in [1.54, 1.807) is 32.9 Å². The highest BCUT2D eigenvalue weighted by Crippen LogP contribution is 2.26. The average Bonchev–Trinajstić information content (AvgIpc) is 3.32. The largest absolute Gasteiger partial charge is 0.440 e. The molecule has 0 aliphatic heterocycles. The Labute approximate surface area is 168 Å². The number of rotatable bonds is 7. The number of carbonyl (C=O) groups excluding carboxylic acids is 1. The van der Waals surface area contributed by atoms with Crippen LogP contribution in [0.5, 0.6) is 0 Å². The average molecular weight is 420 g/mol. The standard InChI is InChI=1S/C19H21N3O4S2/c1-4-22(5-2)28(24,25)15-10-8-14(9-11-15)20-18(23)17-13(3)26-19(21-17)16-7-6-12-27-16/h6-12H,4-5H2,1-3H3,(H,20,23). The van der Waals surface area contributed by atoms with Crippen molar-refractivity contribution < 1.29 is 17.6 Å². The van der Waals surface area contributed by atoms with Crippen LogP contribution >= 0.6 is 11.3 Å². The van der Waals surface area contributed by atoms with Crippen LogP contribution in [-0.2, 0) is 10.0 Å². The van der Waals surface area contributed by atoms with Gasteiger partial charge in [-0.15, -0.1) is 11.3 Å². The van der Waals surface area contributed by atoms with Crippen LogP contribution in [0.1, 0.15) is 30.1 Å². The summed E-state index contributed by atoms with van der Waals surface area (Å²) in [6, 6.07) is 9.83. The van der Waals surface area contributed by atoms with E-state index in [4.69, 9.17) is 4.42 Å². The van der Waals surface area contributed by atoms with E-state index in [-0.39, 0.29) is 10.6 Å². The van der Waals surface area contributed by atoms with Crippen molar-refractivity contribution in [2.75, 3.05) is 18.4 Å². The number of hydrogen-bond acceptors (Lipinski definition) is 6. The number of amides is 1. The van der Waals surface area contributed by atoms with E-state index >= 15 is 0 Å². The lowest BCUT2D eigenvalue weighted by atomic mass is 10.3. The summed E-state index contributed by atoms with van der Waals surface area (Å²) in [5, 5.41) is 4.63. The van der Waals surface area contributed by atoms with Crippen LogP contribution in [0.4, 0.5) is 5.69 Å². The van der Waals surface area contributed by atoms with Gasteiger partial charge in [0.1, 0.15) is 5.76 Å². The summed E-state index contributed by atoms with van der Waals surface area (Å²) >= 11 is 1.47. The van der Waals surface area contributed by atoms with Crippen LogP contribution in [0.2, 0.25) is 0 Å². The van der Waals surface area contributed by atoms with Crippen molar-refractivity contribution in [3.63, 3.8) is 0 Å². The number of benzene rings is 1. The Bertz CT molecular complexity index is 1050. The quantitative estimate of drug-likeness (QED) is 0.625. The zero-order chi connectivity index (χ0) is 20.3. The number of thiophene rings is 1. The minimum absolute atomic E-state index is 0.187. The molecule has 9 heteroatoms. The molecular weight excluding hydrogens is 398 g/mol. The van der Waals surface area contributed by atoms with Gasteiger partial charge in [0, 0.05) is 18.8 Å². The van der Waals surface area contributed by atoms with Crippen molar-refractivity contribution in [2.45, 2.75) is 25.7 Å². The van der Waals surface area contributed by atoms with Crippen LogP contribution in [-0.4, -0.2) is 36.7 Å². The molecule has 1 amide bonds. The number of nitrogens with zero attached hydrogens (tertiary/aromatic N) is 2. The van der Waals surface area contributed by atoms with Gasteiger partial charge in [0.05, 0.1) is 9.77 Å². The molecule has 1 N–H and O–H groups in total. The van der Waals surface area contributed by atoms with E-state index in [1.165, 1.54) is 27.8 Å². The molecule has 0 spiro atoms. The molecule has 0 bridgehead atoms. The first-order valence-corrected chi connectivity index (χ1v) is 11.1. The number of sulfonamides is 1. The second-order valence-electron chi connectivity index (χ2n) is 5.97. The molecule has 3 aromatic rings. The van der Waals surface area contributed by atoms with E-state index in [2.05, 4.69) is 10.3 Å². The van der Waals surface area contributed by atoms with Crippen molar-refractivity contribution in [3.05, 3.63) is 53.2 Å². The number of anilines is 1. The minimum atomic E-state index is -3.53. The molecule has 0 unspecified atom stereocenters. The lowest BCUT2D eigenvalue weighted by molar-refractivity contribution is 0.102. The topological polar surface area (TPSA) is 92.5 Å². The van der Waals surface area contributed by atoms with Gasteiger partial charge in [0.2, 0.25) is 15.9 Å². The summed E-state index contributed by atoms with van der Waals surface area (Å²) in [7, 11) is -3.53. The van der Waals surface area contributed by atoms with Crippen molar-refractivity contribution in [1.29, 1.82) is 0 Å². The highest BCUT2D eigenvalue weighted by molar-refractivity contribution is 7.89. The first kappa shape index (κ1) is 20.2. The molecule has 2 aromatic heterocycles. The fourth-order valence-corrected chi connectivity index (χ4v) is 4.83. The van der Waals surface area contributed by atoms with Crippen molar-refractivity contribution in [2.24, 2.45) is 0 Å². The van der Waals surface area contributed by atoms with Crippen molar-refractivity contribution in [1.82, 2.24) is 9.29 Å². The number of hydrogen-bond donors (Lipinski definition) is 1. The van der Waals surface area contributed by atoms with Gasteiger partial charge >= 0.3 is 0 Å². The number of oxazole rings is 1. The second-order valence-corrected chi connectivity index (χ2v) is 8.85. The molecule has 0 saturated heterocycles. The Balaban J connectivity index is 1.77. The Morgan fingerprint density at radius 3 is 2.43 bits per heavy atom. The lowest BCUT2D eigenvalue weighted by Gasteiger charge is -2.18. The SMILES string of the molecule is CCN(CC)S(=O)(=O)c1ccc(NC(=O)c2nc(-c3cccs3)oc2C)cc1. The van der Waals surface area contributed by atoms with Crippen LogP contribution in [0.15, 0.2) is 51.1 Å². The van der Waals surface area contributed by atoms with Crippen LogP contribution in [0, 0.1) is 6.92 Å². The van der Waals surface area contributed by atoms with E-state index in [9.17, 15) is 13.2 Å². The molecule has 0 atom stereocenters. The maximum Gasteiger partial charge on any atom is 0.277 e. The zero-order valence-corrected chi connectivity index (χ0v) is 17.4. The highest BCUT2D eigenvalue weighted by Gasteiger charge is 2.22. The third kappa shape index (κ3) is 4.01. The summed E-state index contributed by atoms with van der Waals surface area (Å²) in [6.07, 6.45) is 0. The predicted octanol–water partition coefficient (Wildman–Crippen LogP) is 3.99. The minimum Gasteiger partial charge on any atom is -0.440 e. The Kier molecular flexibility index (Phi) is 5.97. The molecule has 3 rings (SSSR count). The Hall–Kier alpha value is -2.49. The fraction of sp³-hybridized carbons (Fsp3) is 0.263. The summed E-state index contributed by atoms with van der Waals surface area (Å²) in [6.45, 7) is 6.06. The lowest BCUT2D eigenvalue weighted by Crippen LogP contribution is -2.30. The highest BCUT2D eigenvalue weighted by atomic mass is 32.2. The van der Waals surface area contributed by atoms with Gasteiger partial charge in [-0.1, -0.05) is 19.9 Å². The second kappa shape index (κ2) is 8.26. The van der Waals surface area contributed by atoms with Crippen molar-refractivity contribution >= 4 is 33.0 Å². The Morgan fingerprint density at radius 1 is 1.18 bits per heavy atom. The number of aromatic nitrogens is 1. The van der Waals surface area contributed by atoms with Gasteiger partial charge in [-0.3, -0.25) is 4.79 Å². The third-order valence-corrected chi connectivity index (χ3v) is 7.12.